The monoisotopic (exact) mass is 314 g/mol. The molecular weight excluding hydrogens is 292 g/mol. The van der Waals surface area contributed by atoms with Gasteiger partial charge in [-0.05, 0) is 30.5 Å². The van der Waals surface area contributed by atoms with Crippen molar-refractivity contribution >= 4 is 10.2 Å². The highest BCUT2D eigenvalue weighted by atomic mass is 32.2. The predicted octanol–water partition coefficient (Wildman–Crippen LogP) is 1.84. The number of rotatable bonds is 7. The molecule has 2 rings (SSSR count). The Morgan fingerprint density at radius 1 is 1.33 bits per heavy atom. The quantitative estimate of drug-likeness (QED) is 0.780. The molecule has 1 aromatic carbocycles. The van der Waals surface area contributed by atoms with Crippen molar-refractivity contribution in [3.63, 3.8) is 0 Å². The first-order valence-electron chi connectivity index (χ1n) is 7.03. The van der Waals surface area contributed by atoms with Crippen LogP contribution in [-0.4, -0.2) is 33.0 Å². The maximum Gasteiger partial charge on any atom is 0.301 e. The Balaban J connectivity index is 1.92. The Bertz CT molecular complexity index is 556. The SMILES string of the molecule is COc1cccc(CN(C)S(=O)(=O)NOC2CCCC2)c1. The average Bonchev–Trinajstić information content (AvgIpc) is 2.99. The number of ether oxygens (including phenoxy) is 1. The van der Waals surface area contributed by atoms with Gasteiger partial charge in [-0.1, -0.05) is 29.9 Å². The molecule has 0 bridgehead atoms. The Morgan fingerprint density at radius 2 is 2.05 bits per heavy atom. The van der Waals surface area contributed by atoms with E-state index in [4.69, 9.17) is 9.57 Å². The molecule has 21 heavy (non-hydrogen) atoms. The highest BCUT2D eigenvalue weighted by molar-refractivity contribution is 7.86. The van der Waals surface area contributed by atoms with Crippen molar-refractivity contribution in [2.45, 2.75) is 38.3 Å². The number of methoxy groups -OCH3 is 1. The van der Waals surface area contributed by atoms with Crippen LogP contribution in [0.1, 0.15) is 31.2 Å². The number of nitrogens with one attached hydrogen (secondary N) is 1. The molecule has 0 atom stereocenters. The van der Waals surface area contributed by atoms with E-state index < -0.39 is 10.2 Å². The molecule has 0 aromatic heterocycles. The Kier molecular flexibility index (Phi) is 5.58. The van der Waals surface area contributed by atoms with Crippen LogP contribution in [0, 0.1) is 0 Å². The minimum atomic E-state index is -3.65. The molecule has 0 saturated heterocycles. The van der Waals surface area contributed by atoms with Crippen molar-refractivity contribution in [2.75, 3.05) is 14.2 Å². The van der Waals surface area contributed by atoms with Crippen molar-refractivity contribution in [2.24, 2.45) is 0 Å². The van der Waals surface area contributed by atoms with Gasteiger partial charge in [0.2, 0.25) is 0 Å². The number of hydrogen-bond donors (Lipinski definition) is 1. The van der Waals surface area contributed by atoms with E-state index in [0.29, 0.717) is 5.75 Å². The summed E-state index contributed by atoms with van der Waals surface area (Å²) >= 11 is 0. The van der Waals surface area contributed by atoms with Gasteiger partial charge in [-0.3, -0.25) is 4.84 Å². The molecule has 1 fully saturated rings. The lowest BCUT2D eigenvalue weighted by molar-refractivity contribution is 0.0193. The molecule has 0 spiro atoms. The van der Waals surface area contributed by atoms with Crippen LogP contribution in [0.3, 0.4) is 0 Å². The smallest absolute Gasteiger partial charge is 0.301 e. The zero-order chi connectivity index (χ0) is 15.3. The summed E-state index contributed by atoms with van der Waals surface area (Å²) in [6.45, 7) is 0.251. The van der Waals surface area contributed by atoms with Crippen LogP contribution in [0.15, 0.2) is 24.3 Å². The van der Waals surface area contributed by atoms with E-state index in [0.717, 1.165) is 31.2 Å². The molecular formula is C14H22N2O4S. The van der Waals surface area contributed by atoms with E-state index in [1.165, 1.54) is 11.4 Å². The Labute approximate surface area is 126 Å². The maximum atomic E-state index is 12.1. The van der Waals surface area contributed by atoms with E-state index in [1.54, 1.807) is 7.11 Å². The molecule has 6 nitrogen and oxygen atoms in total. The zero-order valence-electron chi connectivity index (χ0n) is 12.4. The average molecular weight is 314 g/mol. The second kappa shape index (κ2) is 7.22. The highest BCUT2D eigenvalue weighted by Crippen LogP contribution is 2.20. The molecule has 0 unspecified atom stereocenters. The van der Waals surface area contributed by atoms with Gasteiger partial charge in [-0.15, -0.1) is 0 Å². The molecule has 1 saturated carbocycles. The zero-order valence-corrected chi connectivity index (χ0v) is 13.2. The standard InChI is InChI=1S/C14H22N2O4S/c1-16(11-12-6-5-9-14(10-12)19-2)21(17,18)15-20-13-7-3-4-8-13/h5-6,9-10,13,15H,3-4,7-8,11H2,1-2H3. The van der Waals surface area contributed by atoms with E-state index in [-0.39, 0.29) is 12.6 Å². The molecule has 118 valence electrons. The minimum Gasteiger partial charge on any atom is -0.497 e. The van der Waals surface area contributed by atoms with Crippen molar-refractivity contribution in [1.29, 1.82) is 0 Å². The number of benzene rings is 1. The Morgan fingerprint density at radius 3 is 2.71 bits per heavy atom. The third-order valence-corrected chi connectivity index (χ3v) is 4.83. The molecule has 0 aliphatic heterocycles. The summed E-state index contributed by atoms with van der Waals surface area (Å²) < 4.78 is 30.6. The van der Waals surface area contributed by atoms with Gasteiger partial charge < -0.3 is 4.74 Å². The molecule has 1 aromatic rings. The van der Waals surface area contributed by atoms with Crippen LogP contribution < -0.4 is 9.62 Å². The fourth-order valence-electron chi connectivity index (χ4n) is 2.31. The molecule has 1 N–H and O–H groups in total. The van der Waals surface area contributed by atoms with Crippen LogP contribution >= 0.6 is 0 Å². The Hall–Kier alpha value is -1.15. The number of nitrogens with zero attached hydrogens (tertiary/aromatic N) is 1. The number of hydrogen-bond acceptors (Lipinski definition) is 4. The molecule has 0 amide bonds. The van der Waals surface area contributed by atoms with Crippen LogP contribution in [0.4, 0.5) is 0 Å². The van der Waals surface area contributed by atoms with Gasteiger partial charge in [0, 0.05) is 13.6 Å². The van der Waals surface area contributed by atoms with Crippen molar-refractivity contribution in [1.82, 2.24) is 9.19 Å². The minimum absolute atomic E-state index is 0.00926. The molecule has 1 aliphatic rings. The topological polar surface area (TPSA) is 67.9 Å². The first-order valence-corrected chi connectivity index (χ1v) is 8.47. The van der Waals surface area contributed by atoms with E-state index in [1.807, 2.05) is 24.3 Å². The lowest BCUT2D eigenvalue weighted by Crippen LogP contribution is -2.39. The van der Waals surface area contributed by atoms with Crippen LogP contribution in [0.2, 0.25) is 0 Å². The van der Waals surface area contributed by atoms with Gasteiger partial charge in [0.1, 0.15) is 5.75 Å². The lowest BCUT2D eigenvalue weighted by Gasteiger charge is -2.19. The van der Waals surface area contributed by atoms with E-state index >= 15 is 0 Å². The summed E-state index contributed by atoms with van der Waals surface area (Å²) in [4.78, 5) is 7.48. The summed E-state index contributed by atoms with van der Waals surface area (Å²) in [6, 6.07) is 7.31. The van der Waals surface area contributed by atoms with Crippen molar-refractivity contribution in [3.8, 4) is 5.75 Å². The molecule has 1 aliphatic carbocycles. The van der Waals surface area contributed by atoms with E-state index in [2.05, 4.69) is 4.89 Å². The van der Waals surface area contributed by atoms with Crippen molar-refractivity contribution in [3.05, 3.63) is 29.8 Å². The van der Waals surface area contributed by atoms with Crippen LogP contribution in [0.5, 0.6) is 5.75 Å². The van der Waals surface area contributed by atoms with E-state index in [9.17, 15) is 8.42 Å². The second-order valence-corrected chi connectivity index (χ2v) is 6.96. The predicted molar refractivity (Wildman–Crippen MR) is 79.9 cm³/mol. The summed E-state index contributed by atoms with van der Waals surface area (Å²) in [7, 11) is -0.552. The summed E-state index contributed by atoms with van der Waals surface area (Å²) in [5.41, 5.74) is 0.850. The lowest BCUT2D eigenvalue weighted by atomic mass is 10.2. The van der Waals surface area contributed by atoms with Gasteiger partial charge >= 0.3 is 10.2 Å². The second-order valence-electron chi connectivity index (χ2n) is 5.22. The van der Waals surface area contributed by atoms with Gasteiger partial charge in [-0.25, -0.2) is 0 Å². The maximum absolute atomic E-state index is 12.1. The molecule has 0 radical (unpaired) electrons. The third-order valence-electron chi connectivity index (χ3n) is 3.57. The molecule has 7 heteroatoms. The first-order chi connectivity index (χ1) is 10.0. The van der Waals surface area contributed by atoms with Crippen LogP contribution in [-0.2, 0) is 21.6 Å². The van der Waals surface area contributed by atoms with Crippen LogP contribution in [0.25, 0.3) is 0 Å². The fourth-order valence-corrected chi connectivity index (χ4v) is 3.02. The normalized spacial score (nSPS) is 16.5. The van der Waals surface area contributed by atoms with Gasteiger partial charge in [0.15, 0.2) is 0 Å². The first kappa shape index (κ1) is 16.2. The van der Waals surface area contributed by atoms with Gasteiger partial charge in [0.25, 0.3) is 0 Å². The molecule has 0 heterocycles. The fraction of sp³-hybridized carbons (Fsp3) is 0.571. The van der Waals surface area contributed by atoms with Gasteiger partial charge in [0.05, 0.1) is 13.2 Å². The summed E-state index contributed by atoms with van der Waals surface area (Å²) in [5.74, 6) is 0.702. The summed E-state index contributed by atoms with van der Waals surface area (Å²) in [6.07, 6.45) is 3.98. The van der Waals surface area contributed by atoms with Crippen molar-refractivity contribution < 1.29 is 18.0 Å². The largest absolute Gasteiger partial charge is 0.497 e. The summed E-state index contributed by atoms with van der Waals surface area (Å²) in [5, 5.41) is 0. The van der Waals surface area contributed by atoms with Gasteiger partial charge in [-0.2, -0.15) is 12.7 Å². The third kappa shape index (κ3) is 4.67. The highest BCUT2D eigenvalue weighted by Gasteiger charge is 2.22.